The smallest absolute Gasteiger partial charge is 0.310 e. The number of benzene rings is 1. The Hall–Kier alpha value is -2.13. The van der Waals surface area contributed by atoms with E-state index in [9.17, 15) is 10.1 Å². The van der Waals surface area contributed by atoms with Crippen molar-refractivity contribution in [2.24, 2.45) is 0 Å². The Kier molecular flexibility index (Phi) is 4.53. The summed E-state index contributed by atoms with van der Waals surface area (Å²) >= 11 is 0. The highest BCUT2D eigenvalue weighted by Crippen LogP contribution is 2.37. The van der Waals surface area contributed by atoms with Gasteiger partial charge in [0.2, 0.25) is 0 Å². The number of anilines is 1. The van der Waals surface area contributed by atoms with Crippen molar-refractivity contribution in [3.05, 3.63) is 33.9 Å². The molecule has 0 unspecified atom stereocenters. The molecule has 106 valence electrons. The average molecular weight is 275 g/mol. The number of aliphatic hydroxyl groups is 1. The summed E-state index contributed by atoms with van der Waals surface area (Å²) in [6.07, 6.45) is 3.68. The third-order valence-corrected chi connectivity index (χ3v) is 3.70. The zero-order chi connectivity index (χ0) is 14.5. The summed E-state index contributed by atoms with van der Waals surface area (Å²) in [6.45, 7) is 0.617. The van der Waals surface area contributed by atoms with Gasteiger partial charge in [0.05, 0.1) is 4.92 Å². The predicted molar refractivity (Wildman–Crippen MR) is 74.5 cm³/mol. The third-order valence-electron chi connectivity index (χ3n) is 3.70. The molecule has 0 aromatic heterocycles. The van der Waals surface area contributed by atoms with Crippen molar-refractivity contribution in [1.82, 2.24) is 0 Å². The summed E-state index contributed by atoms with van der Waals surface area (Å²) in [5.41, 5.74) is 0.452. The zero-order valence-electron chi connectivity index (χ0n) is 11.2. The molecule has 1 aliphatic carbocycles. The number of nitriles is 1. The van der Waals surface area contributed by atoms with Gasteiger partial charge in [-0.05, 0) is 37.8 Å². The molecule has 6 nitrogen and oxygen atoms in total. The maximum Gasteiger partial charge on any atom is 0.310 e. The fourth-order valence-electron chi connectivity index (χ4n) is 2.48. The average Bonchev–Trinajstić information content (AvgIpc) is 2.40. The van der Waals surface area contributed by atoms with E-state index in [2.05, 4.69) is 0 Å². The van der Waals surface area contributed by atoms with E-state index < -0.39 is 4.92 Å². The second-order valence-electron chi connectivity index (χ2n) is 4.90. The molecule has 6 heteroatoms. The normalized spacial score (nSPS) is 14.4. The van der Waals surface area contributed by atoms with Gasteiger partial charge in [-0.2, -0.15) is 5.26 Å². The molecule has 0 atom stereocenters. The van der Waals surface area contributed by atoms with Crippen molar-refractivity contribution in [2.45, 2.75) is 31.7 Å². The Bertz CT molecular complexity index is 535. The van der Waals surface area contributed by atoms with Crippen LogP contribution < -0.4 is 4.90 Å². The number of nitrogens with zero attached hydrogens (tertiary/aromatic N) is 3. The predicted octanol–water partition coefficient (Wildman–Crippen LogP) is 2.21. The van der Waals surface area contributed by atoms with E-state index in [1.54, 1.807) is 12.1 Å². The molecular formula is C14H17N3O3. The maximum atomic E-state index is 11.3. The van der Waals surface area contributed by atoms with Gasteiger partial charge < -0.3 is 10.0 Å². The number of hydrogen-bond donors (Lipinski definition) is 1. The van der Waals surface area contributed by atoms with Crippen molar-refractivity contribution < 1.29 is 10.0 Å². The molecule has 0 aliphatic heterocycles. The molecule has 0 heterocycles. The first kappa shape index (κ1) is 14.3. The van der Waals surface area contributed by atoms with Crippen LogP contribution in [0.1, 0.15) is 31.2 Å². The van der Waals surface area contributed by atoms with Crippen molar-refractivity contribution in [2.75, 3.05) is 18.1 Å². The molecule has 0 radical (unpaired) electrons. The van der Waals surface area contributed by atoms with Gasteiger partial charge in [-0.15, -0.1) is 0 Å². The lowest BCUT2D eigenvalue weighted by molar-refractivity contribution is -0.384. The van der Waals surface area contributed by atoms with Gasteiger partial charge in [-0.25, -0.2) is 0 Å². The highest BCUT2D eigenvalue weighted by Gasteiger charge is 2.31. The van der Waals surface area contributed by atoms with Crippen LogP contribution in [-0.2, 0) is 0 Å². The third kappa shape index (κ3) is 2.73. The van der Waals surface area contributed by atoms with Crippen molar-refractivity contribution in [3.8, 4) is 6.07 Å². The van der Waals surface area contributed by atoms with Crippen LogP contribution in [0, 0.1) is 21.4 Å². The number of hydrogen-bond acceptors (Lipinski definition) is 5. The van der Waals surface area contributed by atoms with Crippen LogP contribution >= 0.6 is 0 Å². The first-order valence-electron chi connectivity index (χ1n) is 6.74. The molecule has 2 rings (SSSR count). The van der Waals surface area contributed by atoms with Gasteiger partial charge in [0.1, 0.15) is 17.3 Å². The monoisotopic (exact) mass is 275 g/mol. The molecular weight excluding hydrogens is 258 g/mol. The maximum absolute atomic E-state index is 11.3. The Labute approximate surface area is 117 Å². The minimum Gasteiger partial charge on any atom is -0.396 e. The Morgan fingerprint density at radius 1 is 1.50 bits per heavy atom. The minimum atomic E-state index is -0.488. The van der Waals surface area contributed by atoms with Crippen LogP contribution in [0.25, 0.3) is 0 Å². The molecule has 1 aromatic rings. The van der Waals surface area contributed by atoms with Crippen LogP contribution in [0.2, 0.25) is 0 Å². The van der Waals surface area contributed by atoms with Gasteiger partial charge in [-0.3, -0.25) is 10.1 Å². The van der Waals surface area contributed by atoms with Crippen LogP contribution in [-0.4, -0.2) is 29.2 Å². The van der Waals surface area contributed by atoms with Gasteiger partial charge in [0.15, 0.2) is 0 Å². The van der Waals surface area contributed by atoms with Gasteiger partial charge in [0, 0.05) is 19.2 Å². The van der Waals surface area contributed by atoms with E-state index in [1.807, 2.05) is 11.0 Å². The van der Waals surface area contributed by atoms with Crippen molar-refractivity contribution >= 4 is 11.4 Å². The number of para-hydroxylation sites is 1. The van der Waals surface area contributed by atoms with Crippen LogP contribution in [0.3, 0.4) is 0 Å². The van der Waals surface area contributed by atoms with E-state index in [0.29, 0.717) is 18.7 Å². The summed E-state index contributed by atoms with van der Waals surface area (Å²) in [6, 6.07) is 6.98. The highest BCUT2D eigenvalue weighted by atomic mass is 16.6. The molecule has 1 N–H and O–H groups in total. The largest absolute Gasteiger partial charge is 0.396 e. The Morgan fingerprint density at radius 3 is 2.75 bits per heavy atom. The molecule has 20 heavy (non-hydrogen) atoms. The van der Waals surface area contributed by atoms with Gasteiger partial charge >= 0.3 is 5.69 Å². The van der Waals surface area contributed by atoms with E-state index in [0.717, 1.165) is 19.3 Å². The lowest BCUT2D eigenvalue weighted by Crippen LogP contribution is -2.41. The Balaban J connectivity index is 2.41. The fraction of sp³-hybridized carbons (Fsp3) is 0.500. The van der Waals surface area contributed by atoms with E-state index in [-0.39, 0.29) is 23.9 Å². The van der Waals surface area contributed by atoms with Crippen LogP contribution in [0.4, 0.5) is 11.4 Å². The fourth-order valence-corrected chi connectivity index (χ4v) is 2.48. The molecule has 1 fully saturated rings. The number of nitro groups is 1. The molecule has 1 saturated carbocycles. The topological polar surface area (TPSA) is 90.4 Å². The van der Waals surface area contributed by atoms with Gasteiger partial charge in [-0.1, -0.05) is 6.07 Å². The molecule has 0 amide bonds. The highest BCUT2D eigenvalue weighted by molar-refractivity contribution is 5.70. The summed E-state index contributed by atoms with van der Waals surface area (Å²) < 4.78 is 0. The standard InChI is InChI=1S/C14H17N3O3/c15-10-11-4-1-7-13(14(11)17(19)20)16(8-3-9-18)12-5-2-6-12/h1,4,7,12,18H,2-3,5-6,8-9H2. The summed E-state index contributed by atoms with van der Waals surface area (Å²) in [4.78, 5) is 12.8. The summed E-state index contributed by atoms with van der Waals surface area (Å²) in [5.74, 6) is 0. The molecule has 1 aromatic carbocycles. The summed E-state index contributed by atoms with van der Waals surface area (Å²) in [5, 5.41) is 29.3. The SMILES string of the molecule is N#Cc1cccc(N(CCCO)C2CCC2)c1[N+](=O)[O-]. The van der Waals surface area contributed by atoms with E-state index in [4.69, 9.17) is 10.4 Å². The van der Waals surface area contributed by atoms with Crippen molar-refractivity contribution in [1.29, 1.82) is 5.26 Å². The minimum absolute atomic E-state index is 0.0506. The molecule has 0 spiro atoms. The quantitative estimate of drug-likeness (QED) is 0.635. The second kappa shape index (κ2) is 6.35. The molecule has 0 bridgehead atoms. The number of rotatable bonds is 6. The molecule has 1 aliphatic rings. The zero-order valence-corrected chi connectivity index (χ0v) is 11.2. The van der Waals surface area contributed by atoms with Crippen molar-refractivity contribution in [3.63, 3.8) is 0 Å². The lowest BCUT2D eigenvalue weighted by Gasteiger charge is -2.39. The number of nitro benzene ring substituents is 1. The first-order chi connectivity index (χ1) is 9.69. The lowest BCUT2D eigenvalue weighted by atomic mass is 9.90. The van der Waals surface area contributed by atoms with E-state index in [1.165, 1.54) is 6.07 Å². The first-order valence-corrected chi connectivity index (χ1v) is 6.74. The second-order valence-corrected chi connectivity index (χ2v) is 4.90. The van der Waals surface area contributed by atoms with Crippen LogP contribution in [0.15, 0.2) is 18.2 Å². The molecule has 0 saturated heterocycles. The Morgan fingerprint density at radius 2 is 2.25 bits per heavy atom. The van der Waals surface area contributed by atoms with Crippen LogP contribution in [0.5, 0.6) is 0 Å². The number of aliphatic hydroxyl groups excluding tert-OH is 1. The van der Waals surface area contributed by atoms with Gasteiger partial charge in [0.25, 0.3) is 0 Å². The van der Waals surface area contributed by atoms with E-state index >= 15 is 0 Å². The summed E-state index contributed by atoms with van der Waals surface area (Å²) in [7, 11) is 0.